The van der Waals surface area contributed by atoms with E-state index in [9.17, 15) is 10.1 Å². The Hall–Kier alpha value is -3.14. The molecule has 150 valence electrons. The summed E-state index contributed by atoms with van der Waals surface area (Å²) in [5, 5.41) is 12.8. The molecule has 2 aromatic rings. The highest BCUT2D eigenvalue weighted by Crippen LogP contribution is 2.51. The normalized spacial score (nSPS) is 21.7. The summed E-state index contributed by atoms with van der Waals surface area (Å²) in [5.74, 6) is 1.83. The van der Waals surface area contributed by atoms with Crippen LogP contribution in [0.3, 0.4) is 0 Å². The molecule has 3 heterocycles. The topological polar surface area (TPSA) is 91.1 Å². The van der Waals surface area contributed by atoms with Crippen LogP contribution >= 0.6 is 0 Å². The molecule has 1 aliphatic heterocycles. The highest BCUT2D eigenvalue weighted by molar-refractivity contribution is 6.02. The lowest BCUT2D eigenvalue weighted by atomic mass is 9.83. The number of rotatable bonds is 5. The fraction of sp³-hybridized carbons (Fsp3) is 0.455. The highest BCUT2D eigenvalue weighted by atomic mass is 16.5. The Morgan fingerprint density at radius 1 is 1.28 bits per heavy atom. The summed E-state index contributed by atoms with van der Waals surface area (Å²) >= 11 is 0. The number of carbonyl (C=O) groups excluding carboxylic acids is 1. The summed E-state index contributed by atoms with van der Waals surface area (Å²) < 4.78 is 5.81. The van der Waals surface area contributed by atoms with Gasteiger partial charge in [0.05, 0.1) is 6.07 Å². The molecule has 7 nitrogen and oxygen atoms in total. The van der Waals surface area contributed by atoms with Crippen molar-refractivity contribution < 1.29 is 9.53 Å². The predicted octanol–water partition coefficient (Wildman–Crippen LogP) is 4.05. The zero-order valence-corrected chi connectivity index (χ0v) is 17.0. The number of nitrogens with zero attached hydrogens (tertiary/aromatic N) is 4. The number of aromatic nitrogens is 2. The smallest absolute Gasteiger partial charge is 0.247 e. The van der Waals surface area contributed by atoms with E-state index in [1.165, 1.54) is 0 Å². The first-order chi connectivity index (χ1) is 13.8. The van der Waals surface area contributed by atoms with Crippen LogP contribution in [0.1, 0.15) is 40.0 Å². The van der Waals surface area contributed by atoms with Gasteiger partial charge in [0.1, 0.15) is 22.7 Å². The quantitative estimate of drug-likeness (QED) is 0.827. The van der Waals surface area contributed by atoms with Crippen LogP contribution in [0.4, 0.5) is 17.3 Å². The number of nitriles is 1. The Balaban J connectivity index is 1.52. The number of pyridine rings is 2. The molecule has 29 heavy (non-hydrogen) atoms. The number of carbonyl (C=O) groups is 1. The molecular weight excluding hydrogens is 366 g/mol. The van der Waals surface area contributed by atoms with Crippen LogP contribution < -0.4 is 15.0 Å². The van der Waals surface area contributed by atoms with Crippen LogP contribution in [-0.2, 0) is 4.79 Å². The Morgan fingerprint density at radius 3 is 2.76 bits per heavy atom. The summed E-state index contributed by atoms with van der Waals surface area (Å²) in [4.78, 5) is 23.5. The minimum atomic E-state index is -0.850. The van der Waals surface area contributed by atoms with Crippen LogP contribution in [0, 0.1) is 22.7 Å². The van der Waals surface area contributed by atoms with Crippen molar-refractivity contribution in [3.8, 4) is 11.9 Å². The van der Waals surface area contributed by atoms with E-state index in [-0.39, 0.29) is 17.4 Å². The van der Waals surface area contributed by atoms with Gasteiger partial charge in [-0.05, 0) is 58.1 Å². The van der Waals surface area contributed by atoms with Crippen molar-refractivity contribution in [2.75, 3.05) is 16.8 Å². The molecule has 2 aromatic heterocycles. The zero-order valence-electron chi connectivity index (χ0n) is 17.0. The highest BCUT2D eigenvalue weighted by Gasteiger charge is 2.56. The van der Waals surface area contributed by atoms with Crippen LogP contribution in [0.5, 0.6) is 5.88 Å². The monoisotopic (exact) mass is 391 g/mol. The number of nitrogens with one attached hydrogen (secondary N) is 1. The van der Waals surface area contributed by atoms with Gasteiger partial charge in [0.2, 0.25) is 11.8 Å². The van der Waals surface area contributed by atoms with E-state index in [0.717, 1.165) is 18.5 Å². The first-order valence-corrected chi connectivity index (χ1v) is 9.93. The van der Waals surface area contributed by atoms with Crippen LogP contribution in [0.25, 0.3) is 0 Å². The fourth-order valence-corrected chi connectivity index (χ4v) is 3.78. The molecule has 0 unspecified atom stereocenters. The third-order valence-electron chi connectivity index (χ3n) is 5.28. The summed E-state index contributed by atoms with van der Waals surface area (Å²) in [6.07, 6.45) is 4.18. The average Bonchev–Trinajstić information content (AvgIpc) is 3.45. The van der Waals surface area contributed by atoms with Crippen LogP contribution in [-0.4, -0.2) is 28.0 Å². The van der Waals surface area contributed by atoms with Gasteiger partial charge < -0.3 is 15.0 Å². The maximum atomic E-state index is 13.0. The second-order valence-electron chi connectivity index (χ2n) is 8.66. The number of hydrogen-bond acceptors (Lipinski definition) is 6. The molecule has 0 radical (unpaired) electrons. The first kappa shape index (κ1) is 19.2. The maximum absolute atomic E-state index is 13.0. The Morgan fingerprint density at radius 2 is 2.07 bits per heavy atom. The third-order valence-corrected chi connectivity index (χ3v) is 5.28. The summed E-state index contributed by atoms with van der Waals surface area (Å²) in [6, 6.07) is 11.4. The lowest BCUT2D eigenvalue weighted by molar-refractivity contribution is -0.123. The lowest BCUT2D eigenvalue weighted by Gasteiger charge is -2.21. The van der Waals surface area contributed by atoms with Crippen molar-refractivity contribution in [3.63, 3.8) is 0 Å². The summed E-state index contributed by atoms with van der Waals surface area (Å²) in [5.41, 5.74) is -0.446. The molecule has 2 fully saturated rings. The van der Waals surface area contributed by atoms with E-state index in [2.05, 4.69) is 21.4 Å². The van der Waals surface area contributed by atoms with Crippen molar-refractivity contribution in [1.82, 2.24) is 9.97 Å². The van der Waals surface area contributed by atoms with Crippen molar-refractivity contribution in [2.45, 2.75) is 45.6 Å². The van der Waals surface area contributed by atoms with Gasteiger partial charge in [-0.25, -0.2) is 4.98 Å². The Kier molecular flexibility index (Phi) is 4.65. The van der Waals surface area contributed by atoms with Crippen molar-refractivity contribution in [2.24, 2.45) is 11.3 Å². The van der Waals surface area contributed by atoms with Gasteiger partial charge in [-0.1, -0.05) is 6.07 Å². The van der Waals surface area contributed by atoms with E-state index < -0.39 is 5.41 Å². The molecule has 1 aliphatic carbocycles. The Bertz CT molecular complexity index is 974. The lowest BCUT2D eigenvalue weighted by Crippen LogP contribution is -2.35. The molecule has 4 rings (SSSR count). The molecule has 0 bridgehead atoms. The van der Waals surface area contributed by atoms with Crippen molar-refractivity contribution in [3.05, 3.63) is 36.5 Å². The van der Waals surface area contributed by atoms with E-state index in [0.29, 0.717) is 30.5 Å². The van der Waals surface area contributed by atoms with Gasteiger partial charge in [-0.15, -0.1) is 0 Å². The minimum absolute atomic E-state index is 0.0849. The molecule has 0 aromatic carbocycles. The maximum Gasteiger partial charge on any atom is 0.247 e. The summed E-state index contributed by atoms with van der Waals surface area (Å²) in [7, 11) is 0. The van der Waals surface area contributed by atoms with E-state index in [4.69, 9.17) is 4.74 Å². The average molecular weight is 391 g/mol. The number of ether oxygens (including phenoxy) is 1. The predicted molar refractivity (Wildman–Crippen MR) is 110 cm³/mol. The van der Waals surface area contributed by atoms with E-state index in [1.807, 2.05) is 45.0 Å². The molecule has 1 saturated heterocycles. The van der Waals surface area contributed by atoms with Gasteiger partial charge in [0, 0.05) is 30.6 Å². The third kappa shape index (κ3) is 3.88. The van der Waals surface area contributed by atoms with Gasteiger partial charge >= 0.3 is 0 Å². The van der Waals surface area contributed by atoms with Crippen LogP contribution in [0.2, 0.25) is 0 Å². The molecule has 1 atom stereocenters. The first-order valence-electron chi connectivity index (χ1n) is 9.93. The van der Waals surface area contributed by atoms with Crippen LogP contribution in [0.15, 0.2) is 36.5 Å². The zero-order chi connectivity index (χ0) is 20.6. The molecule has 7 heteroatoms. The molecule has 1 saturated carbocycles. The Labute approximate surface area is 170 Å². The number of amides is 1. The van der Waals surface area contributed by atoms with Gasteiger partial charge in [0.25, 0.3) is 0 Å². The second kappa shape index (κ2) is 7.03. The largest absolute Gasteiger partial charge is 0.472 e. The molecular formula is C22H25N5O2. The van der Waals surface area contributed by atoms with Crippen molar-refractivity contribution >= 4 is 23.2 Å². The molecule has 2 aliphatic rings. The standard InChI is InChI=1S/C22H25N5O2/c1-21(2,3)29-19-6-4-5-17(26-19)25-18-13-16(9-11-24-18)27-12-10-22(14-23,20(27)28)15-7-8-15/h4-6,9,11,13,15H,7-8,10,12H2,1-3H3,(H,24,25,26)/t22-/m1/s1. The van der Waals surface area contributed by atoms with Crippen molar-refractivity contribution in [1.29, 1.82) is 5.26 Å². The molecule has 1 amide bonds. The van der Waals surface area contributed by atoms with Gasteiger partial charge in [0.15, 0.2) is 0 Å². The van der Waals surface area contributed by atoms with Gasteiger partial charge in [-0.2, -0.15) is 10.2 Å². The van der Waals surface area contributed by atoms with E-state index in [1.54, 1.807) is 17.2 Å². The number of hydrogen-bond donors (Lipinski definition) is 1. The number of anilines is 3. The van der Waals surface area contributed by atoms with E-state index >= 15 is 0 Å². The second-order valence-corrected chi connectivity index (χ2v) is 8.66. The van der Waals surface area contributed by atoms with Gasteiger partial charge in [-0.3, -0.25) is 4.79 Å². The SMILES string of the molecule is CC(C)(C)Oc1cccc(Nc2cc(N3CC[C@@](C#N)(C4CC4)C3=O)ccn2)n1. The molecule has 1 N–H and O–H groups in total. The fourth-order valence-electron chi connectivity index (χ4n) is 3.78. The summed E-state index contributed by atoms with van der Waals surface area (Å²) in [6.45, 7) is 6.46. The minimum Gasteiger partial charge on any atom is -0.472 e. The molecule has 0 spiro atoms.